The van der Waals surface area contributed by atoms with Gasteiger partial charge in [0.1, 0.15) is 24.7 Å². The molecule has 0 aliphatic heterocycles. The fraction of sp³-hybridized carbons (Fsp3) is 0.316. The maximum Gasteiger partial charge on any atom is 0.412 e. The van der Waals surface area contributed by atoms with Crippen LogP contribution in [-0.4, -0.2) is 50.4 Å². The van der Waals surface area contributed by atoms with E-state index in [9.17, 15) is 19.2 Å². The van der Waals surface area contributed by atoms with Crippen molar-refractivity contribution in [3.63, 3.8) is 0 Å². The highest BCUT2D eigenvalue weighted by Gasteiger charge is 2.23. The number of nitrogens with one attached hydrogen (secondary N) is 2. The van der Waals surface area contributed by atoms with Crippen molar-refractivity contribution in [1.29, 1.82) is 0 Å². The van der Waals surface area contributed by atoms with E-state index < -0.39 is 24.1 Å². The van der Waals surface area contributed by atoms with Crippen molar-refractivity contribution in [2.75, 3.05) is 26.3 Å². The Labute approximate surface area is 282 Å². The minimum absolute atomic E-state index is 0.00374. The molecule has 0 saturated carbocycles. The lowest BCUT2D eigenvalue weighted by molar-refractivity contribution is -0.139. The number of esters is 2. The molecule has 0 heterocycles. The third-order valence-corrected chi connectivity index (χ3v) is 7.34. The fourth-order valence-corrected chi connectivity index (χ4v) is 5.06. The second-order valence-electron chi connectivity index (χ2n) is 11.8. The van der Waals surface area contributed by atoms with Gasteiger partial charge in [0.05, 0.1) is 13.1 Å². The topological polar surface area (TPSA) is 129 Å². The van der Waals surface area contributed by atoms with E-state index in [1.165, 1.54) is 0 Å². The van der Waals surface area contributed by atoms with Crippen LogP contribution >= 0.6 is 0 Å². The molecule has 0 aromatic heterocycles. The second kappa shape index (κ2) is 17.0. The number of benzene rings is 3. The van der Waals surface area contributed by atoms with Crippen molar-refractivity contribution in [2.24, 2.45) is 0 Å². The van der Waals surface area contributed by atoms with Gasteiger partial charge in [-0.1, -0.05) is 67.3 Å². The Kier molecular flexibility index (Phi) is 13.1. The lowest BCUT2D eigenvalue weighted by Crippen LogP contribution is -2.31. The zero-order valence-corrected chi connectivity index (χ0v) is 28.7. The molecular weight excluding hydrogens is 612 g/mol. The third-order valence-electron chi connectivity index (χ3n) is 7.34. The van der Waals surface area contributed by atoms with Gasteiger partial charge in [-0.05, 0) is 87.4 Å². The number of carbonyl (C=O) groups excluding carboxylic acids is 4. The zero-order valence-electron chi connectivity index (χ0n) is 28.7. The number of amides is 2. The van der Waals surface area contributed by atoms with Gasteiger partial charge in [0.2, 0.25) is 0 Å². The molecule has 2 N–H and O–H groups in total. The first kappa shape index (κ1) is 37.1. The van der Waals surface area contributed by atoms with Crippen LogP contribution in [0, 0.1) is 34.6 Å². The van der Waals surface area contributed by atoms with E-state index in [1.807, 2.05) is 58.9 Å². The highest BCUT2D eigenvalue weighted by Crippen LogP contribution is 2.38. The predicted molar refractivity (Wildman–Crippen MR) is 184 cm³/mol. The molecule has 3 rings (SSSR count). The van der Waals surface area contributed by atoms with Gasteiger partial charge in [-0.15, -0.1) is 0 Å². The molecule has 48 heavy (non-hydrogen) atoms. The predicted octanol–water partition coefficient (Wildman–Crippen LogP) is 6.82. The van der Waals surface area contributed by atoms with Gasteiger partial charge < -0.3 is 29.6 Å². The van der Waals surface area contributed by atoms with E-state index in [0.717, 1.165) is 44.5 Å². The lowest BCUT2D eigenvalue weighted by Gasteiger charge is -2.23. The summed E-state index contributed by atoms with van der Waals surface area (Å²) in [7, 11) is 0. The minimum Gasteiger partial charge on any atom is -0.460 e. The van der Waals surface area contributed by atoms with E-state index in [-0.39, 0.29) is 43.4 Å². The minimum atomic E-state index is -0.658. The maximum atomic E-state index is 12.5. The first-order valence-corrected chi connectivity index (χ1v) is 15.5. The Hall–Kier alpha value is -5.38. The van der Waals surface area contributed by atoms with Crippen LogP contribution < -0.4 is 20.1 Å². The largest absolute Gasteiger partial charge is 0.460 e. The van der Waals surface area contributed by atoms with Crippen LogP contribution in [0.5, 0.6) is 11.5 Å². The van der Waals surface area contributed by atoms with Crippen molar-refractivity contribution in [3.05, 3.63) is 117 Å². The number of rotatable bonds is 13. The van der Waals surface area contributed by atoms with Crippen molar-refractivity contribution in [2.45, 2.75) is 54.4 Å². The summed E-state index contributed by atoms with van der Waals surface area (Å²) in [4.78, 5) is 48.2. The first-order chi connectivity index (χ1) is 22.7. The number of ether oxygens (including phenoxy) is 4. The molecule has 3 aromatic carbocycles. The molecule has 10 heteroatoms. The van der Waals surface area contributed by atoms with Gasteiger partial charge in [-0.3, -0.25) is 0 Å². The van der Waals surface area contributed by atoms with Crippen molar-refractivity contribution < 1.29 is 38.1 Å². The van der Waals surface area contributed by atoms with Crippen molar-refractivity contribution in [1.82, 2.24) is 10.6 Å². The summed E-state index contributed by atoms with van der Waals surface area (Å²) in [6.07, 6.45) is -1.32. The average Bonchev–Trinajstić information content (AvgIpc) is 3.02. The highest BCUT2D eigenvalue weighted by molar-refractivity contribution is 5.87. The summed E-state index contributed by atoms with van der Waals surface area (Å²) >= 11 is 0. The monoisotopic (exact) mass is 656 g/mol. The van der Waals surface area contributed by atoms with E-state index in [1.54, 1.807) is 13.8 Å². The first-order valence-electron chi connectivity index (χ1n) is 15.5. The maximum absolute atomic E-state index is 12.5. The number of aryl methyl sites for hydroxylation is 5. The molecule has 10 nitrogen and oxygen atoms in total. The number of carbonyl (C=O) groups is 4. The molecular formula is C38H44N2O8. The van der Waals surface area contributed by atoms with E-state index in [2.05, 4.69) is 48.1 Å². The van der Waals surface area contributed by atoms with Gasteiger partial charge in [-0.25, -0.2) is 19.2 Å². The van der Waals surface area contributed by atoms with Gasteiger partial charge in [0, 0.05) is 17.1 Å². The van der Waals surface area contributed by atoms with E-state index >= 15 is 0 Å². The second-order valence-corrected chi connectivity index (χ2v) is 11.8. The zero-order chi connectivity index (χ0) is 35.5. The average molecular weight is 657 g/mol. The SMILES string of the molecule is C=C(C)C(=O)OCCNC(=O)Oc1c(C)cc(C(c2ccc(C)cc2)c2cc(C)c(OC(=O)NCCOC(=O)C(=C)C)c(C)c2)cc1C. The fourth-order valence-electron chi connectivity index (χ4n) is 5.06. The van der Waals surface area contributed by atoms with Crippen LogP contribution in [-0.2, 0) is 19.1 Å². The highest BCUT2D eigenvalue weighted by atomic mass is 16.6. The molecule has 0 bridgehead atoms. The molecule has 0 saturated heterocycles. The van der Waals surface area contributed by atoms with Crippen LogP contribution in [0.4, 0.5) is 9.59 Å². The van der Waals surface area contributed by atoms with Crippen molar-refractivity contribution in [3.8, 4) is 11.5 Å². The normalized spacial score (nSPS) is 10.6. The van der Waals surface area contributed by atoms with Crippen LogP contribution in [0.2, 0.25) is 0 Å². The summed E-state index contributed by atoms with van der Waals surface area (Å²) in [6, 6.07) is 16.3. The van der Waals surface area contributed by atoms with Crippen LogP contribution in [0.3, 0.4) is 0 Å². The molecule has 0 fully saturated rings. The molecule has 0 unspecified atom stereocenters. The molecule has 0 atom stereocenters. The molecule has 0 radical (unpaired) electrons. The number of hydrogen-bond acceptors (Lipinski definition) is 8. The standard InChI is InChI=1S/C38H44N2O8/c1-22(2)35(41)45-16-14-39-37(43)47-33-25(6)18-30(19-26(33)7)32(29-12-10-24(5)11-13-29)31-20-27(8)34(28(9)21-31)48-38(44)40-15-17-46-36(42)23(3)4/h10-13,18-21,32H,1,3,14-17H2,2,4-9H3,(H,39,43)(H,40,44). The van der Waals surface area contributed by atoms with Crippen molar-refractivity contribution >= 4 is 24.1 Å². The smallest absolute Gasteiger partial charge is 0.412 e. The van der Waals surface area contributed by atoms with E-state index in [0.29, 0.717) is 11.5 Å². The molecule has 2 amide bonds. The quantitative estimate of drug-likeness (QED) is 0.0887. The number of hydrogen-bond donors (Lipinski definition) is 2. The van der Waals surface area contributed by atoms with Gasteiger partial charge in [0.25, 0.3) is 0 Å². The Balaban J connectivity index is 1.83. The molecule has 3 aromatic rings. The Morgan fingerprint density at radius 2 is 0.958 bits per heavy atom. The molecule has 0 aliphatic carbocycles. The summed E-state index contributed by atoms with van der Waals surface area (Å²) in [5.41, 5.74) is 7.80. The molecule has 254 valence electrons. The third kappa shape index (κ3) is 10.3. The van der Waals surface area contributed by atoms with Crippen LogP contribution in [0.1, 0.15) is 64.3 Å². The summed E-state index contributed by atoms with van der Waals surface area (Å²) in [5, 5.41) is 5.19. The van der Waals surface area contributed by atoms with Gasteiger partial charge in [0.15, 0.2) is 0 Å². The summed E-state index contributed by atoms with van der Waals surface area (Å²) in [5.74, 6) is -0.352. The molecule has 0 aliphatic rings. The Morgan fingerprint density at radius 1 is 0.604 bits per heavy atom. The lowest BCUT2D eigenvalue weighted by atomic mass is 9.82. The molecule has 0 spiro atoms. The van der Waals surface area contributed by atoms with Gasteiger partial charge in [-0.2, -0.15) is 0 Å². The van der Waals surface area contributed by atoms with E-state index in [4.69, 9.17) is 18.9 Å². The van der Waals surface area contributed by atoms with Crippen LogP contribution in [0.25, 0.3) is 0 Å². The summed E-state index contributed by atoms with van der Waals surface area (Å²) < 4.78 is 21.3. The summed E-state index contributed by atoms with van der Waals surface area (Å²) in [6.45, 7) is 19.9. The Morgan fingerprint density at radius 3 is 1.29 bits per heavy atom. The van der Waals surface area contributed by atoms with Gasteiger partial charge >= 0.3 is 24.1 Å². The Bertz CT molecular complexity index is 1560. The van der Waals surface area contributed by atoms with Crippen LogP contribution in [0.15, 0.2) is 72.8 Å².